The number of aryl methyl sites for hydroxylation is 2. The molecule has 1 saturated heterocycles. The number of carbonyl (C=O) groups excluding carboxylic acids is 2. The van der Waals surface area contributed by atoms with Crippen molar-refractivity contribution >= 4 is 23.2 Å². The van der Waals surface area contributed by atoms with Crippen LogP contribution in [-0.2, 0) is 16.6 Å². The van der Waals surface area contributed by atoms with Crippen LogP contribution in [0.4, 0.5) is 11.4 Å². The minimum absolute atomic E-state index is 0.0152. The molecular weight excluding hydrogens is 384 g/mol. The van der Waals surface area contributed by atoms with Gasteiger partial charge in [0.1, 0.15) is 11.8 Å². The smallest absolute Gasteiger partial charge is 0.241 e. The molecule has 162 valence electrons. The number of anilines is 2. The zero-order valence-electron chi connectivity index (χ0n) is 18.3. The summed E-state index contributed by atoms with van der Waals surface area (Å²) < 4.78 is 6.89. The van der Waals surface area contributed by atoms with Crippen LogP contribution in [0.2, 0.25) is 0 Å². The molecule has 0 aliphatic carbocycles. The largest absolute Gasteiger partial charge is 0.497 e. The molecule has 9 heteroatoms. The van der Waals surface area contributed by atoms with Crippen molar-refractivity contribution in [2.75, 3.05) is 57.6 Å². The van der Waals surface area contributed by atoms with E-state index in [2.05, 4.69) is 15.3 Å². The van der Waals surface area contributed by atoms with Gasteiger partial charge >= 0.3 is 0 Å². The van der Waals surface area contributed by atoms with E-state index in [1.165, 1.54) is 0 Å². The monoisotopic (exact) mass is 414 g/mol. The number of aromatic nitrogens is 2. The Bertz CT molecular complexity index is 893. The number of hydrogen-bond acceptors (Lipinski definition) is 6. The molecule has 30 heavy (non-hydrogen) atoms. The molecule has 1 aliphatic rings. The first-order valence-corrected chi connectivity index (χ1v) is 9.92. The van der Waals surface area contributed by atoms with E-state index in [1.807, 2.05) is 43.1 Å². The molecule has 1 aromatic heterocycles. The number of benzene rings is 1. The number of likely N-dealkylation sites (N-methyl/N-ethyl adjacent to an activating group) is 1. The van der Waals surface area contributed by atoms with Crippen molar-refractivity contribution in [3.8, 4) is 5.75 Å². The van der Waals surface area contributed by atoms with E-state index in [9.17, 15) is 9.59 Å². The van der Waals surface area contributed by atoms with Crippen LogP contribution < -0.4 is 15.0 Å². The third-order valence-electron chi connectivity index (χ3n) is 5.29. The predicted molar refractivity (Wildman–Crippen MR) is 116 cm³/mol. The van der Waals surface area contributed by atoms with E-state index in [0.29, 0.717) is 18.8 Å². The first-order valence-electron chi connectivity index (χ1n) is 9.92. The second kappa shape index (κ2) is 9.17. The summed E-state index contributed by atoms with van der Waals surface area (Å²) in [6.07, 6.45) is 1.78. The Balaban J connectivity index is 1.71. The van der Waals surface area contributed by atoms with E-state index in [1.54, 1.807) is 37.0 Å². The summed E-state index contributed by atoms with van der Waals surface area (Å²) in [6, 6.07) is 7.40. The molecular formula is C21H30N6O3. The fourth-order valence-corrected chi connectivity index (χ4v) is 3.67. The Labute approximate surface area is 177 Å². The number of ether oxygens (including phenoxy) is 1. The lowest BCUT2D eigenvalue weighted by Gasteiger charge is -2.42. The van der Waals surface area contributed by atoms with Crippen LogP contribution in [0.3, 0.4) is 0 Å². The third kappa shape index (κ3) is 4.91. The SMILES string of the molecule is COc1ccc(N2CCN(CC(=O)Nc3cn(C)nc3C)C(C(=O)N(C)C)C2)cc1. The van der Waals surface area contributed by atoms with Gasteiger partial charge in [0.05, 0.1) is 25.0 Å². The second-order valence-corrected chi connectivity index (χ2v) is 7.71. The first-order chi connectivity index (χ1) is 14.3. The summed E-state index contributed by atoms with van der Waals surface area (Å²) >= 11 is 0. The molecule has 0 saturated carbocycles. The zero-order valence-corrected chi connectivity index (χ0v) is 18.3. The van der Waals surface area contributed by atoms with Crippen LogP contribution in [0.15, 0.2) is 30.5 Å². The van der Waals surface area contributed by atoms with Crippen LogP contribution in [0, 0.1) is 6.92 Å². The van der Waals surface area contributed by atoms with Crippen molar-refractivity contribution < 1.29 is 14.3 Å². The van der Waals surface area contributed by atoms with Gasteiger partial charge in [-0.25, -0.2) is 0 Å². The topological polar surface area (TPSA) is 82.9 Å². The van der Waals surface area contributed by atoms with Crippen LogP contribution in [0.5, 0.6) is 5.75 Å². The lowest BCUT2D eigenvalue weighted by Crippen LogP contribution is -2.60. The quantitative estimate of drug-likeness (QED) is 0.758. The third-order valence-corrected chi connectivity index (χ3v) is 5.29. The van der Waals surface area contributed by atoms with Crippen LogP contribution in [0.25, 0.3) is 0 Å². The average Bonchev–Trinajstić information content (AvgIpc) is 3.04. The summed E-state index contributed by atoms with van der Waals surface area (Å²) in [7, 11) is 6.93. The maximum absolute atomic E-state index is 12.9. The highest BCUT2D eigenvalue weighted by atomic mass is 16.5. The van der Waals surface area contributed by atoms with Crippen molar-refractivity contribution in [3.63, 3.8) is 0 Å². The second-order valence-electron chi connectivity index (χ2n) is 7.71. The van der Waals surface area contributed by atoms with Gasteiger partial charge in [-0.15, -0.1) is 0 Å². The van der Waals surface area contributed by atoms with Crippen molar-refractivity contribution in [2.24, 2.45) is 7.05 Å². The van der Waals surface area contributed by atoms with Crippen molar-refractivity contribution in [2.45, 2.75) is 13.0 Å². The Kier molecular flexibility index (Phi) is 6.61. The summed E-state index contributed by atoms with van der Waals surface area (Å²) in [5.74, 6) is 0.625. The van der Waals surface area contributed by atoms with Gasteiger partial charge in [-0.2, -0.15) is 5.10 Å². The van der Waals surface area contributed by atoms with Crippen LogP contribution >= 0.6 is 0 Å². The van der Waals surface area contributed by atoms with Gasteiger partial charge in [-0.1, -0.05) is 0 Å². The van der Waals surface area contributed by atoms with Gasteiger partial charge < -0.3 is 19.9 Å². The first kappa shape index (κ1) is 21.6. The van der Waals surface area contributed by atoms with Crippen molar-refractivity contribution in [1.82, 2.24) is 19.6 Å². The Hall–Kier alpha value is -3.07. The molecule has 1 fully saturated rings. The number of methoxy groups -OCH3 is 1. The van der Waals surface area contributed by atoms with Crippen molar-refractivity contribution in [1.29, 1.82) is 0 Å². The highest BCUT2D eigenvalue weighted by molar-refractivity contribution is 5.93. The van der Waals surface area contributed by atoms with Gasteiger partial charge in [-0.05, 0) is 31.2 Å². The normalized spacial score (nSPS) is 17.0. The molecule has 2 heterocycles. The van der Waals surface area contributed by atoms with E-state index >= 15 is 0 Å². The number of amides is 2. The standard InChI is InChI=1S/C21H30N6O3/c1-15-18(12-25(4)23-15)22-20(28)14-27-11-10-26(13-19(27)21(29)24(2)3)16-6-8-17(30-5)9-7-16/h6-9,12,19H,10-11,13-14H2,1-5H3,(H,22,28). The Morgan fingerprint density at radius 3 is 2.50 bits per heavy atom. The van der Waals surface area contributed by atoms with Crippen molar-refractivity contribution in [3.05, 3.63) is 36.2 Å². The number of rotatable bonds is 6. The van der Waals surface area contributed by atoms with Crippen LogP contribution in [-0.4, -0.2) is 84.8 Å². The molecule has 1 aliphatic heterocycles. The average molecular weight is 415 g/mol. The Morgan fingerprint density at radius 1 is 1.23 bits per heavy atom. The fourth-order valence-electron chi connectivity index (χ4n) is 3.67. The maximum Gasteiger partial charge on any atom is 0.241 e. The minimum atomic E-state index is -0.406. The van der Waals surface area contributed by atoms with Gasteiger partial charge in [0, 0.05) is 52.7 Å². The molecule has 2 amide bonds. The summed E-state index contributed by atoms with van der Waals surface area (Å²) in [6.45, 7) is 3.84. The lowest BCUT2D eigenvalue weighted by molar-refractivity contribution is -0.135. The number of hydrogen-bond donors (Lipinski definition) is 1. The minimum Gasteiger partial charge on any atom is -0.497 e. The molecule has 1 aromatic carbocycles. The molecule has 0 bridgehead atoms. The van der Waals surface area contributed by atoms with Gasteiger partial charge in [0.15, 0.2) is 0 Å². The Morgan fingerprint density at radius 2 is 1.93 bits per heavy atom. The van der Waals surface area contributed by atoms with Crippen LogP contribution in [0.1, 0.15) is 5.69 Å². The molecule has 0 radical (unpaired) electrons. The highest BCUT2D eigenvalue weighted by Gasteiger charge is 2.34. The lowest BCUT2D eigenvalue weighted by atomic mass is 10.1. The molecule has 1 N–H and O–H groups in total. The summed E-state index contributed by atoms with van der Waals surface area (Å²) in [5, 5.41) is 7.15. The molecule has 0 spiro atoms. The van der Waals surface area contributed by atoms with E-state index in [0.717, 1.165) is 23.7 Å². The predicted octanol–water partition coefficient (Wildman–Crippen LogP) is 0.955. The molecule has 1 unspecified atom stereocenters. The summed E-state index contributed by atoms with van der Waals surface area (Å²) in [5.41, 5.74) is 2.48. The zero-order chi connectivity index (χ0) is 21.8. The molecule has 3 rings (SSSR count). The maximum atomic E-state index is 12.9. The number of carbonyl (C=O) groups is 2. The number of piperazine rings is 1. The fraction of sp³-hybridized carbons (Fsp3) is 0.476. The highest BCUT2D eigenvalue weighted by Crippen LogP contribution is 2.23. The van der Waals surface area contributed by atoms with Gasteiger partial charge in [0.2, 0.25) is 11.8 Å². The number of nitrogens with zero attached hydrogens (tertiary/aromatic N) is 5. The number of nitrogens with one attached hydrogen (secondary N) is 1. The van der Waals surface area contributed by atoms with E-state index < -0.39 is 6.04 Å². The molecule has 9 nitrogen and oxygen atoms in total. The summed E-state index contributed by atoms with van der Waals surface area (Å²) in [4.78, 5) is 31.2. The van der Waals surface area contributed by atoms with E-state index in [-0.39, 0.29) is 18.4 Å². The van der Waals surface area contributed by atoms with E-state index in [4.69, 9.17) is 4.74 Å². The molecule has 1 atom stereocenters. The molecule has 2 aromatic rings. The van der Waals surface area contributed by atoms with Gasteiger partial charge in [-0.3, -0.25) is 19.2 Å². The van der Waals surface area contributed by atoms with Gasteiger partial charge in [0.25, 0.3) is 0 Å².